The molecule has 2 N–H and O–H groups in total. The highest BCUT2D eigenvalue weighted by Gasteiger charge is 2.07. The zero-order chi connectivity index (χ0) is 21.2. The van der Waals surface area contributed by atoms with Gasteiger partial charge in [0.1, 0.15) is 11.3 Å². The van der Waals surface area contributed by atoms with Crippen molar-refractivity contribution in [2.24, 2.45) is 0 Å². The molecule has 8 heteroatoms. The number of hydrogen-bond donors (Lipinski definition) is 2. The van der Waals surface area contributed by atoms with E-state index in [2.05, 4.69) is 25.6 Å². The second kappa shape index (κ2) is 10.8. The fraction of sp³-hybridized carbons (Fsp3) is 0.318. The molecule has 30 heavy (non-hydrogen) atoms. The molecule has 0 fully saturated rings. The molecule has 1 aromatic carbocycles. The summed E-state index contributed by atoms with van der Waals surface area (Å²) < 4.78 is 5.08. The van der Waals surface area contributed by atoms with E-state index >= 15 is 0 Å². The van der Waals surface area contributed by atoms with Crippen molar-refractivity contribution in [1.29, 1.82) is 0 Å². The molecule has 0 atom stereocenters. The Bertz CT molecular complexity index is 994. The molecule has 0 saturated carbocycles. The molecule has 156 valence electrons. The number of benzene rings is 1. The molecule has 3 rings (SSSR count). The van der Waals surface area contributed by atoms with Crippen LogP contribution in [-0.2, 0) is 9.53 Å². The number of pyridine rings is 1. The van der Waals surface area contributed by atoms with Gasteiger partial charge in [-0.2, -0.15) is 0 Å². The van der Waals surface area contributed by atoms with E-state index in [4.69, 9.17) is 4.74 Å². The van der Waals surface area contributed by atoms with Gasteiger partial charge in [0.15, 0.2) is 5.65 Å². The van der Waals surface area contributed by atoms with Gasteiger partial charge in [0.25, 0.3) is 0 Å². The molecule has 8 nitrogen and oxygen atoms in total. The maximum Gasteiger partial charge on any atom is 0.320 e. The van der Waals surface area contributed by atoms with Crippen LogP contribution in [0.15, 0.2) is 48.7 Å². The molecule has 0 radical (unpaired) electrons. The number of esters is 1. The highest BCUT2D eigenvalue weighted by atomic mass is 16.5. The molecule has 0 aliphatic heterocycles. The fourth-order valence-corrected chi connectivity index (χ4v) is 2.77. The number of fused-ring (bicyclic) bond motifs is 1. The predicted octanol–water partition coefficient (Wildman–Crippen LogP) is 3.94. The van der Waals surface area contributed by atoms with Crippen molar-refractivity contribution in [2.45, 2.75) is 32.6 Å². The summed E-state index contributed by atoms with van der Waals surface area (Å²) >= 11 is 0. The lowest BCUT2D eigenvalue weighted by atomic mass is 10.2. The summed E-state index contributed by atoms with van der Waals surface area (Å²) in [7, 11) is 0. The Balaban J connectivity index is 1.49. The van der Waals surface area contributed by atoms with E-state index in [-0.39, 0.29) is 12.0 Å². The number of nitrogens with one attached hydrogen (secondary N) is 2. The largest absolute Gasteiger partial charge is 0.466 e. The Labute approximate surface area is 175 Å². The van der Waals surface area contributed by atoms with Gasteiger partial charge in [0.05, 0.1) is 18.5 Å². The Kier molecular flexibility index (Phi) is 7.65. The van der Waals surface area contributed by atoms with Crippen molar-refractivity contribution in [2.75, 3.05) is 18.5 Å². The summed E-state index contributed by atoms with van der Waals surface area (Å²) in [6.45, 7) is 2.78. The first-order valence-corrected chi connectivity index (χ1v) is 10.1. The Morgan fingerprint density at radius 1 is 1.03 bits per heavy atom. The van der Waals surface area contributed by atoms with Crippen LogP contribution in [0.25, 0.3) is 22.4 Å². The number of ether oxygens (including phenoxy) is 1. The number of anilines is 1. The number of unbranched alkanes of at least 4 members (excludes halogenated alkanes) is 1. The normalized spacial score (nSPS) is 10.6. The molecule has 0 saturated heterocycles. The van der Waals surface area contributed by atoms with E-state index in [9.17, 15) is 9.59 Å². The van der Waals surface area contributed by atoms with E-state index in [0.717, 1.165) is 17.7 Å². The van der Waals surface area contributed by atoms with Crippen LogP contribution < -0.4 is 10.6 Å². The van der Waals surface area contributed by atoms with Gasteiger partial charge in [-0.25, -0.2) is 14.8 Å². The quantitative estimate of drug-likeness (QED) is 0.411. The number of amides is 2. The summed E-state index contributed by atoms with van der Waals surface area (Å²) in [6, 6.07) is 12.8. The smallest absolute Gasteiger partial charge is 0.320 e. The number of carbonyl (C=O) groups excluding carboxylic acids is 2. The molecule has 0 bridgehead atoms. The highest BCUT2D eigenvalue weighted by Crippen LogP contribution is 2.19. The third kappa shape index (κ3) is 6.23. The van der Waals surface area contributed by atoms with Crippen LogP contribution in [-0.4, -0.2) is 40.1 Å². The van der Waals surface area contributed by atoms with Crippen LogP contribution in [0.1, 0.15) is 32.6 Å². The van der Waals surface area contributed by atoms with Crippen LogP contribution in [0.3, 0.4) is 0 Å². The van der Waals surface area contributed by atoms with Gasteiger partial charge in [-0.3, -0.25) is 15.1 Å². The van der Waals surface area contributed by atoms with Crippen molar-refractivity contribution in [3.8, 4) is 11.3 Å². The molecular formula is C22H25N5O3. The molecule has 2 amide bonds. The van der Waals surface area contributed by atoms with Gasteiger partial charge in [-0.05, 0) is 31.4 Å². The van der Waals surface area contributed by atoms with Crippen LogP contribution in [0.4, 0.5) is 10.6 Å². The minimum Gasteiger partial charge on any atom is -0.466 e. The number of hydrogen-bond acceptors (Lipinski definition) is 6. The maximum atomic E-state index is 12.1. The average Bonchev–Trinajstić information content (AvgIpc) is 2.76. The van der Waals surface area contributed by atoms with Gasteiger partial charge in [0.2, 0.25) is 0 Å². The molecule has 0 unspecified atom stereocenters. The third-order valence-corrected chi connectivity index (χ3v) is 4.29. The minimum absolute atomic E-state index is 0.177. The summed E-state index contributed by atoms with van der Waals surface area (Å²) in [5, 5.41) is 5.47. The van der Waals surface area contributed by atoms with Crippen molar-refractivity contribution in [3.05, 3.63) is 48.7 Å². The lowest BCUT2D eigenvalue weighted by molar-refractivity contribution is -0.143. The molecule has 2 aromatic heterocycles. The number of rotatable bonds is 9. The van der Waals surface area contributed by atoms with Crippen molar-refractivity contribution < 1.29 is 14.3 Å². The third-order valence-electron chi connectivity index (χ3n) is 4.29. The van der Waals surface area contributed by atoms with E-state index in [1.807, 2.05) is 37.3 Å². The van der Waals surface area contributed by atoms with Crippen molar-refractivity contribution >= 4 is 29.0 Å². The van der Waals surface area contributed by atoms with E-state index < -0.39 is 0 Å². The predicted molar refractivity (Wildman–Crippen MR) is 115 cm³/mol. The lowest BCUT2D eigenvalue weighted by Crippen LogP contribution is -2.30. The Hall–Kier alpha value is -3.55. The highest BCUT2D eigenvalue weighted by molar-refractivity contribution is 5.89. The summed E-state index contributed by atoms with van der Waals surface area (Å²) in [5.74, 6) is 0.220. The van der Waals surface area contributed by atoms with Crippen LogP contribution in [0.2, 0.25) is 0 Å². The van der Waals surface area contributed by atoms with Crippen LogP contribution in [0, 0.1) is 0 Å². The Morgan fingerprint density at radius 2 is 1.87 bits per heavy atom. The SMILES string of the molecule is CCCC(=O)OCCCCNC(=O)Nc1ccc2ncc(-c3ccccc3)nc2n1. The molecule has 2 heterocycles. The topological polar surface area (TPSA) is 106 Å². The monoisotopic (exact) mass is 407 g/mol. The first-order chi connectivity index (χ1) is 14.7. The maximum absolute atomic E-state index is 12.1. The summed E-state index contributed by atoms with van der Waals surface area (Å²) in [6.07, 6.45) is 4.34. The van der Waals surface area contributed by atoms with Crippen molar-refractivity contribution in [3.63, 3.8) is 0 Å². The second-order valence-corrected chi connectivity index (χ2v) is 6.72. The van der Waals surface area contributed by atoms with Crippen LogP contribution in [0.5, 0.6) is 0 Å². The number of carbonyl (C=O) groups is 2. The zero-order valence-corrected chi connectivity index (χ0v) is 16.9. The van der Waals surface area contributed by atoms with Gasteiger partial charge in [0, 0.05) is 18.5 Å². The van der Waals surface area contributed by atoms with Gasteiger partial charge in [-0.1, -0.05) is 37.3 Å². The summed E-state index contributed by atoms with van der Waals surface area (Å²) in [4.78, 5) is 36.7. The lowest BCUT2D eigenvalue weighted by Gasteiger charge is -2.08. The van der Waals surface area contributed by atoms with Gasteiger partial charge < -0.3 is 10.1 Å². The van der Waals surface area contributed by atoms with Gasteiger partial charge >= 0.3 is 12.0 Å². The molecule has 0 aliphatic rings. The summed E-state index contributed by atoms with van der Waals surface area (Å²) in [5.41, 5.74) is 2.78. The number of aromatic nitrogens is 3. The van der Waals surface area contributed by atoms with Crippen LogP contribution >= 0.6 is 0 Å². The number of nitrogens with zero attached hydrogens (tertiary/aromatic N) is 3. The molecule has 0 spiro atoms. The van der Waals surface area contributed by atoms with E-state index in [1.54, 1.807) is 18.3 Å². The van der Waals surface area contributed by atoms with Gasteiger partial charge in [-0.15, -0.1) is 0 Å². The minimum atomic E-state index is -0.350. The Morgan fingerprint density at radius 3 is 2.67 bits per heavy atom. The number of urea groups is 1. The van der Waals surface area contributed by atoms with Crippen molar-refractivity contribution in [1.82, 2.24) is 20.3 Å². The molecular weight excluding hydrogens is 382 g/mol. The first kappa shape index (κ1) is 21.2. The standard InChI is InChI=1S/C22H25N5O3/c1-2-8-20(28)30-14-7-6-13-23-22(29)27-19-12-11-17-21(26-19)25-18(15-24-17)16-9-4-3-5-10-16/h3-5,9-12,15H,2,6-8,13-14H2,1H3,(H2,23,25,26,27,29). The van der Waals surface area contributed by atoms with E-state index in [0.29, 0.717) is 49.4 Å². The average molecular weight is 407 g/mol. The molecule has 3 aromatic rings. The second-order valence-electron chi connectivity index (χ2n) is 6.72. The first-order valence-electron chi connectivity index (χ1n) is 10.1. The molecule has 0 aliphatic carbocycles. The zero-order valence-electron chi connectivity index (χ0n) is 16.9. The fourth-order valence-electron chi connectivity index (χ4n) is 2.77. The van der Waals surface area contributed by atoms with E-state index in [1.165, 1.54) is 0 Å².